The number of carboxylic acid groups (broad SMARTS) is 2. The van der Waals surface area contributed by atoms with E-state index in [0.717, 1.165) is 181 Å². The molecule has 4 aliphatic heterocycles. The second kappa shape index (κ2) is 37.2. The molecular formula is C52H81Br3N10O10. The predicted octanol–water partition coefficient (Wildman–Crippen LogP) is 3.37. The van der Waals surface area contributed by atoms with Gasteiger partial charge < -0.3 is 50.3 Å². The van der Waals surface area contributed by atoms with Crippen LogP contribution in [0, 0.1) is 11.8 Å². The van der Waals surface area contributed by atoms with E-state index >= 15 is 0 Å². The van der Waals surface area contributed by atoms with Crippen molar-refractivity contribution in [2.24, 2.45) is 11.8 Å². The molecule has 6 rings (SSSR count). The average molecular weight is 1250 g/mol. The minimum atomic E-state index is -0.779. The van der Waals surface area contributed by atoms with Gasteiger partial charge in [-0.2, -0.15) is 0 Å². The molecule has 0 saturated carbocycles. The molecule has 4 saturated heterocycles. The molecule has 4 aliphatic rings. The minimum Gasteiger partial charge on any atom is -0.480 e. The quantitative estimate of drug-likeness (QED) is 0.0771. The first kappa shape index (κ1) is 63.9. The van der Waals surface area contributed by atoms with Crippen molar-refractivity contribution in [2.75, 3.05) is 179 Å². The van der Waals surface area contributed by atoms with Crippen LogP contribution in [0.1, 0.15) is 36.8 Å². The number of carbonyl (C=O) groups excluding carboxylic acids is 4. The number of ether oxygens (including phenoxy) is 2. The second-order valence-electron chi connectivity index (χ2n) is 19.7. The molecule has 4 heterocycles. The molecule has 0 aliphatic carbocycles. The number of alkyl halides is 2. The van der Waals surface area contributed by atoms with Crippen LogP contribution < -0.4 is 11.1 Å². The molecular weight excluding hydrogens is 1160 g/mol. The first-order valence-corrected chi connectivity index (χ1v) is 29.1. The van der Waals surface area contributed by atoms with E-state index in [9.17, 15) is 39.0 Å². The maximum absolute atomic E-state index is 11.7. The fraction of sp³-hybridized carbons (Fsp3) is 0.654. The number of carbonyl (C=O) groups is 6. The largest absolute Gasteiger partial charge is 0.480 e. The first-order valence-electron chi connectivity index (χ1n) is 26.1. The fourth-order valence-electron chi connectivity index (χ4n) is 10.1. The van der Waals surface area contributed by atoms with E-state index in [4.69, 9.17) is 15.2 Å². The molecule has 0 radical (unpaired) electrons. The number of anilines is 2. The number of hydrogen-bond acceptors (Lipinski definition) is 17. The number of nitrogens with zero attached hydrogens (tertiary/aromatic N) is 8. The normalized spacial score (nSPS) is 24.1. The molecule has 0 spiro atoms. The van der Waals surface area contributed by atoms with E-state index < -0.39 is 11.9 Å². The van der Waals surface area contributed by atoms with Gasteiger partial charge in [-0.25, -0.2) is 0 Å². The third-order valence-corrected chi connectivity index (χ3v) is 15.7. The lowest BCUT2D eigenvalue weighted by molar-refractivity contribution is -0.139. The Morgan fingerprint density at radius 1 is 0.533 bits per heavy atom. The van der Waals surface area contributed by atoms with Gasteiger partial charge >= 0.3 is 11.9 Å². The predicted molar refractivity (Wildman–Crippen MR) is 301 cm³/mol. The smallest absolute Gasteiger partial charge is 0.317 e. The van der Waals surface area contributed by atoms with Crippen molar-refractivity contribution in [3.63, 3.8) is 0 Å². The lowest BCUT2D eigenvalue weighted by Gasteiger charge is -2.31. The van der Waals surface area contributed by atoms with E-state index in [0.29, 0.717) is 43.6 Å². The van der Waals surface area contributed by atoms with Crippen LogP contribution in [0.25, 0.3) is 0 Å². The van der Waals surface area contributed by atoms with E-state index in [1.807, 2.05) is 24.3 Å². The highest BCUT2D eigenvalue weighted by atomic mass is 79.9. The molecule has 1 amide bonds. The van der Waals surface area contributed by atoms with Crippen molar-refractivity contribution in [3.8, 4) is 0 Å². The number of rotatable bonds is 17. The number of nitrogen functional groups attached to an aromatic ring is 1. The molecule has 420 valence electrons. The lowest BCUT2D eigenvalue weighted by atomic mass is 9.97. The van der Waals surface area contributed by atoms with Crippen LogP contribution in [0.2, 0.25) is 0 Å². The second-order valence-corrected chi connectivity index (χ2v) is 21.7. The number of benzene rings is 2. The van der Waals surface area contributed by atoms with Gasteiger partial charge in [-0.15, -0.1) is 0 Å². The Kier molecular flexibility index (Phi) is 31.7. The topological polar surface area (TPSA) is 225 Å². The number of hydrogen-bond donors (Lipinski definition) is 4. The van der Waals surface area contributed by atoms with Gasteiger partial charge in [-0.1, -0.05) is 56.1 Å². The van der Waals surface area contributed by atoms with Gasteiger partial charge in [-0.3, -0.25) is 48.4 Å². The molecule has 5 N–H and O–H groups in total. The van der Waals surface area contributed by atoms with Crippen molar-refractivity contribution >= 4 is 94.6 Å². The van der Waals surface area contributed by atoms with Crippen molar-refractivity contribution in [2.45, 2.75) is 38.5 Å². The monoisotopic (exact) mass is 1240 g/mol. The summed E-state index contributed by atoms with van der Waals surface area (Å²) in [5.74, 6) is -0.734. The highest BCUT2D eigenvalue weighted by Crippen LogP contribution is 2.20. The number of halogens is 3. The van der Waals surface area contributed by atoms with Crippen LogP contribution in [0.4, 0.5) is 11.4 Å². The van der Waals surface area contributed by atoms with Crippen molar-refractivity contribution < 1.29 is 48.5 Å². The molecule has 6 unspecified atom stereocenters. The van der Waals surface area contributed by atoms with Crippen LogP contribution in [0.15, 0.2) is 48.5 Å². The molecule has 2 aromatic rings. The standard InChI is InChI=1S/C26H40BrN5O5.C24H39N5O4.C2H2Br2O/c27-16-25(34)28-24-5-3-22(4-6-24)15-23-17-29-8-2-10-32(20-37-21-33)14-13-30(18-23)7-1-9-31(12-11-29)19-26(35)36;25-23-5-3-21(4-6-23)15-22-16-26-8-2-10-29(19-33-20-30)14-13-27(17-22)7-1-9-28(12-11-26)18-24(31)32;3-1-2(4)5/h3-6,21,23H,1-2,7-20H2,(H,28,34)(H,35,36);3-6,20,22H,1-2,7-19,25H2,(H,31,32);1H2. The Morgan fingerprint density at radius 2 is 0.880 bits per heavy atom. The van der Waals surface area contributed by atoms with Gasteiger partial charge in [0.1, 0.15) is 13.5 Å². The van der Waals surface area contributed by atoms with Crippen molar-refractivity contribution in [3.05, 3.63) is 59.7 Å². The van der Waals surface area contributed by atoms with Gasteiger partial charge in [0.25, 0.3) is 12.9 Å². The maximum Gasteiger partial charge on any atom is 0.317 e. The zero-order valence-electron chi connectivity index (χ0n) is 43.5. The average Bonchev–Trinajstić information content (AvgIpc) is 3.48. The molecule has 4 fully saturated rings. The Labute approximate surface area is 468 Å². The molecule has 20 nitrogen and oxygen atoms in total. The Bertz CT molecular complexity index is 1980. The highest BCUT2D eigenvalue weighted by Gasteiger charge is 2.26. The SMILES string of the molecule is Nc1ccc(CC2CN3CCCN(CC(=O)O)CCN(CCCN(COC=O)CC3)C2)cc1.O=C(Br)CBr.O=COCN1CCCN2CCN(CC(=O)O)CCCN(CC1)CC(Cc1ccc(NC(=O)CBr)cc1)C2. The van der Waals surface area contributed by atoms with Gasteiger partial charge in [-0.05, 0) is 128 Å². The fourth-order valence-corrected chi connectivity index (χ4v) is 10.3. The molecule has 75 heavy (non-hydrogen) atoms. The summed E-state index contributed by atoms with van der Waals surface area (Å²) in [5.41, 5.74) is 10.00. The number of nitrogens with two attached hydrogens (primary N) is 1. The Morgan fingerprint density at radius 3 is 1.21 bits per heavy atom. The molecule has 2 aromatic carbocycles. The summed E-state index contributed by atoms with van der Waals surface area (Å²) in [7, 11) is 0. The third-order valence-electron chi connectivity index (χ3n) is 13.7. The van der Waals surface area contributed by atoms with E-state index in [1.54, 1.807) is 0 Å². The zero-order chi connectivity index (χ0) is 54.2. The molecule has 23 heteroatoms. The van der Waals surface area contributed by atoms with Gasteiger partial charge in [0.15, 0.2) is 0 Å². The molecule has 0 aromatic heterocycles. The van der Waals surface area contributed by atoms with Crippen LogP contribution in [-0.4, -0.2) is 253 Å². The number of nitrogens with one attached hydrogen (secondary N) is 1. The van der Waals surface area contributed by atoms with Crippen LogP contribution in [0.5, 0.6) is 0 Å². The van der Waals surface area contributed by atoms with Crippen LogP contribution in [0.3, 0.4) is 0 Å². The number of carboxylic acids is 2. The zero-order valence-corrected chi connectivity index (χ0v) is 48.3. The lowest BCUT2D eigenvalue weighted by Crippen LogP contribution is -2.41. The van der Waals surface area contributed by atoms with Gasteiger partial charge in [0.2, 0.25) is 10.6 Å². The summed E-state index contributed by atoms with van der Waals surface area (Å²) < 4.78 is 10.1. The van der Waals surface area contributed by atoms with Gasteiger partial charge in [0, 0.05) is 116 Å². The number of amides is 1. The van der Waals surface area contributed by atoms with Gasteiger partial charge in [0.05, 0.1) is 23.7 Å². The summed E-state index contributed by atoms with van der Waals surface area (Å²) in [6.45, 7) is 19.3. The van der Waals surface area contributed by atoms with E-state index in [2.05, 4.69) is 117 Å². The maximum atomic E-state index is 11.7. The van der Waals surface area contributed by atoms with E-state index in [-0.39, 0.29) is 29.0 Å². The van der Waals surface area contributed by atoms with Crippen molar-refractivity contribution in [1.82, 2.24) is 39.2 Å². The molecule has 6 atom stereocenters. The summed E-state index contributed by atoms with van der Waals surface area (Å²) in [4.78, 5) is 84.1. The Balaban J connectivity index is 0.000000299. The highest BCUT2D eigenvalue weighted by molar-refractivity contribution is 9.19. The van der Waals surface area contributed by atoms with Crippen LogP contribution in [-0.2, 0) is 51.1 Å². The number of aliphatic carboxylic acids is 2. The first-order chi connectivity index (χ1) is 36.2. The number of fused-ring (bicyclic) bond motifs is 8. The van der Waals surface area contributed by atoms with Crippen LogP contribution >= 0.6 is 47.8 Å². The van der Waals surface area contributed by atoms with Crippen molar-refractivity contribution in [1.29, 1.82) is 0 Å². The Hall–Kier alpha value is -3.62. The third kappa shape index (κ3) is 28.0. The minimum absolute atomic E-state index is 0.0162. The van der Waals surface area contributed by atoms with E-state index in [1.165, 1.54) is 11.1 Å². The summed E-state index contributed by atoms with van der Waals surface area (Å²) in [5, 5.41) is 22.2. The summed E-state index contributed by atoms with van der Waals surface area (Å²) in [6, 6.07) is 16.3. The summed E-state index contributed by atoms with van der Waals surface area (Å²) in [6.07, 6.45) is 5.70. The molecule has 4 bridgehead atoms. The summed E-state index contributed by atoms with van der Waals surface area (Å²) >= 11 is 8.78.